The van der Waals surface area contributed by atoms with Gasteiger partial charge < -0.3 is 9.47 Å². The predicted molar refractivity (Wildman–Crippen MR) is 104 cm³/mol. The van der Waals surface area contributed by atoms with Gasteiger partial charge in [0, 0.05) is 36.1 Å². The first-order valence-corrected chi connectivity index (χ1v) is 9.70. The zero-order chi connectivity index (χ0) is 17.5. The van der Waals surface area contributed by atoms with E-state index in [0.29, 0.717) is 5.25 Å². The summed E-state index contributed by atoms with van der Waals surface area (Å²) in [5, 5.41) is 1.69. The molecular formula is C20H19N5S. The molecule has 26 heavy (non-hydrogen) atoms. The molecule has 0 aromatic carbocycles. The van der Waals surface area contributed by atoms with Crippen LogP contribution in [0.15, 0.2) is 72.1 Å². The number of aliphatic imine (C=N–C) groups is 1. The fraction of sp³-hybridized carbons (Fsp3) is 0.250. The maximum atomic E-state index is 5.05. The van der Waals surface area contributed by atoms with Gasteiger partial charge in [0.2, 0.25) is 0 Å². The molecule has 0 spiro atoms. The van der Waals surface area contributed by atoms with Crippen molar-refractivity contribution in [3.05, 3.63) is 78.5 Å². The summed E-state index contributed by atoms with van der Waals surface area (Å²) >= 11 is 1.86. The van der Waals surface area contributed by atoms with Crippen LogP contribution in [-0.4, -0.2) is 36.4 Å². The van der Waals surface area contributed by atoms with Crippen molar-refractivity contribution >= 4 is 16.9 Å². The highest BCUT2D eigenvalue weighted by atomic mass is 32.2. The standard InChI is InChI=1S/C20H19N5S/c1-14-13-25-19(16-8-6-12-24(16)17-9-3-5-11-22-17)18(23-20(25)26-14)15-7-2-4-10-21-15/h2-12,14,18-19H,13H2,1H3/t14-,18+,19+/m1/s1. The minimum atomic E-state index is 0.00330. The first kappa shape index (κ1) is 15.6. The lowest BCUT2D eigenvalue weighted by Crippen LogP contribution is -2.30. The maximum Gasteiger partial charge on any atom is 0.160 e. The van der Waals surface area contributed by atoms with E-state index in [1.54, 1.807) is 0 Å². The molecule has 1 saturated heterocycles. The van der Waals surface area contributed by atoms with Gasteiger partial charge in [-0.25, -0.2) is 4.98 Å². The van der Waals surface area contributed by atoms with Crippen molar-refractivity contribution in [2.24, 2.45) is 4.99 Å². The van der Waals surface area contributed by atoms with E-state index in [0.717, 1.165) is 23.2 Å². The highest BCUT2D eigenvalue weighted by molar-refractivity contribution is 8.14. The van der Waals surface area contributed by atoms with Gasteiger partial charge in [0.15, 0.2) is 5.17 Å². The quantitative estimate of drug-likeness (QED) is 0.711. The molecule has 2 aliphatic heterocycles. The molecule has 0 bridgehead atoms. The summed E-state index contributed by atoms with van der Waals surface area (Å²) in [6.45, 7) is 3.26. The van der Waals surface area contributed by atoms with Gasteiger partial charge in [-0.1, -0.05) is 30.8 Å². The highest BCUT2D eigenvalue weighted by Gasteiger charge is 2.44. The second-order valence-corrected chi connectivity index (χ2v) is 8.03. The number of thioether (sulfide) groups is 1. The zero-order valence-electron chi connectivity index (χ0n) is 14.4. The minimum Gasteiger partial charge on any atom is -0.339 e. The van der Waals surface area contributed by atoms with Crippen LogP contribution in [0.2, 0.25) is 0 Å². The molecule has 5 rings (SSSR count). The van der Waals surface area contributed by atoms with Crippen LogP contribution in [0.4, 0.5) is 0 Å². The minimum absolute atomic E-state index is 0.00330. The topological polar surface area (TPSA) is 46.3 Å². The Morgan fingerprint density at radius 3 is 2.62 bits per heavy atom. The summed E-state index contributed by atoms with van der Waals surface area (Å²) in [5.41, 5.74) is 2.22. The van der Waals surface area contributed by atoms with E-state index in [9.17, 15) is 0 Å². The predicted octanol–water partition coefficient (Wildman–Crippen LogP) is 3.86. The number of pyridine rings is 2. The van der Waals surface area contributed by atoms with Crippen LogP contribution in [0.25, 0.3) is 5.82 Å². The SMILES string of the molecule is C[C@@H]1CN2C(=N[C@@H](c3ccccn3)[C@@H]2c2cccn2-c2ccccn2)S1. The summed E-state index contributed by atoms with van der Waals surface area (Å²) in [7, 11) is 0. The van der Waals surface area contributed by atoms with Crippen molar-refractivity contribution in [1.82, 2.24) is 19.4 Å². The van der Waals surface area contributed by atoms with E-state index in [-0.39, 0.29) is 12.1 Å². The van der Waals surface area contributed by atoms with Crippen molar-refractivity contribution < 1.29 is 0 Å². The number of nitrogens with zero attached hydrogens (tertiary/aromatic N) is 5. The largest absolute Gasteiger partial charge is 0.339 e. The molecule has 0 aliphatic carbocycles. The summed E-state index contributed by atoms with van der Waals surface area (Å²) in [4.78, 5) is 16.6. The summed E-state index contributed by atoms with van der Waals surface area (Å²) in [5.74, 6) is 0.931. The monoisotopic (exact) mass is 361 g/mol. The Balaban J connectivity index is 1.62. The summed E-state index contributed by atoms with van der Waals surface area (Å²) in [6.07, 6.45) is 5.76. The van der Waals surface area contributed by atoms with Crippen molar-refractivity contribution in [3.63, 3.8) is 0 Å². The molecule has 1 fully saturated rings. The molecule has 6 heteroatoms. The molecule has 130 valence electrons. The molecule has 5 nitrogen and oxygen atoms in total. The molecule has 0 N–H and O–H groups in total. The molecule has 0 saturated carbocycles. The van der Waals surface area contributed by atoms with E-state index >= 15 is 0 Å². The van der Waals surface area contributed by atoms with Crippen molar-refractivity contribution in [2.45, 2.75) is 24.3 Å². The number of rotatable bonds is 3. The second-order valence-electron chi connectivity index (χ2n) is 6.63. The Labute approximate surface area is 156 Å². The Morgan fingerprint density at radius 1 is 1.00 bits per heavy atom. The van der Waals surface area contributed by atoms with Crippen LogP contribution in [0.1, 0.15) is 30.4 Å². The summed E-state index contributed by atoms with van der Waals surface area (Å²) in [6, 6.07) is 16.5. The molecule has 3 aromatic heterocycles. The maximum absolute atomic E-state index is 5.05. The van der Waals surface area contributed by atoms with Crippen LogP contribution >= 0.6 is 11.8 Å². The average Bonchev–Trinajstić information content (AvgIpc) is 3.37. The van der Waals surface area contributed by atoms with Gasteiger partial charge in [-0.05, 0) is 36.4 Å². The average molecular weight is 361 g/mol. The van der Waals surface area contributed by atoms with Crippen LogP contribution < -0.4 is 0 Å². The lowest BCUT2D eigenvalue weighted by Gasteiger charge is -2.28. The van der Waals surface area contributed by atoms with Gasteiger partial charge in [-0.3, -0.25) is 9.98 Å². The fourth-order valence-electron chi connectivity index (χ4n) is 3.78. The number of amidine groups is 1. The lowest BCUT2D eigenvalue weighted by atomic mass is 10.0. The van der Waals surface area contributed by atoms with Crippen molar-refractivity contribution in [1.29, 1.82) is 0 Å². The smallest absolute Gasteiger partial charge is 0.160 e. The number of hydrogen-bond acceptors (Lipinski definition) is 5. The van der Waals surface area contributed by atoms with Gasteiger partial charge in [0.05, 0.1) is 11.7 Å². The Bertz CT molecular complexity index is 937. The first-order chi connectivity index (χ1) is 12.8. The van der Waals surface area contributed by atoms with Gasteiger partial charge in [0.1, 0.15) is 11.9 Å². The lowest BCUT2D eigenvalue weighted by molar-refractivity contribution is 0.312. The number of aromatic nitrogens is 3. The second kappa shape index (κ2) is 6.29. The third-order valence-corrected chi connectivity index (χ3v) is 5.96. The van der Waals surface area contributed by atoms with Crippen molar-refractivity contribution in [3.8, 4) is 5.82 Å². The molecule has 0 unspecified atom stereocenters. The van der Waals surface area contributed by atoms with Crippen LogP contribution in [0.5, 0.6) is 0 Å². The molecule has 3 atom stereocenters. The molecule has 5 heterocycles. The van der Waals surface area contributed by atoms with E-state index in [2.05, 4.69) is 50.8 Å². The Hall–Kier alpha value is -2.60. The highest BCUT2D eigenvalue weighted by Crippen LogP contribution is 2.47. The Kier molecular flexibility index (Phi) is 3.78. The van der Waals surface area contributed by atoms with E-state index < -0.39 is 0 Å². The molecule has 0 radical (unpaired) electrons. The molecule has 2 aliphatic rings. The van der Waals surface area contributed by atoms with E-state index in [1.807, 2.05) is 54.5 Å². The van der Waals surface area contributed by atoms with E-state index in [1.165, 1.54) is 5.69 Å². The third-order valence-electron chi connectivity index (χ3n) is 4.86. The fourth-order valence-corrected chi connectivity index (χ4v) is 4.87. The third kappa shape index (κ3) is 2.52. The van der Waals surface area contributed by atoms with Crippen LogP contribution in [0, 0.1) is 0 Å². The van der Waals surface area contributed by atoms with Gasteiger partial charge in [0.25, 0.3) is 0 Å². The van der Waals surface area contributed by atoms with E-state index in [4.69, 9.17) is 4.99 Å². The summed E-state index contributed by atoms with van der Waals surface area (Å²) < 4.78 is 2.17. The molecule has 0 amide bonds. The van der Waals surface area contributed by atoms with Crippen LogP contribution in [0.3, 0.4) is 0 Å². The first-order valence-electron chi connectivity index (χ1n) is 8.82. The number of hydrogen-bond donors (Lipinski definition) is 0. The van der Waals surface area contributed by atoms with Crippen molar-refractivity contribution in [2.75, 3.05) is 6.54 Å². The Morgan fingerprint density at radius 2 is 1.85 bits per heavy atom. The van der Waals surface area contributed by atoms with Gasteiger partial charge in [-0.2, -0.15) is 0 Å². The molecule has 3 aromatic rings. The van der Waals surface area contributed by atoms with Gasteiger partial charge >= 0.3 is 0 Å². The van der Waals surface area contributed by atoms with Gasteiger partial charge in [-0.15, -0.1) is 0 Å². The number of fused-ring (bicyclic) bond motifs is 1. The molecular weight excluding hydrogens is 342 g/mol. The van der Waals surface area contributed by atoms with Crippen LogP contribution in [-0.2, 0) is 0 Å². The normalized spacial score (nSPS) is 24.6. The zero-order valence-corrected chi connectivity index (χ0v) is 15.3.